The molecule has 0 saturated heterocycles. The van der Waals surface area contributed by atoms with Crippen LogP contribution in [0.5, 0.6) is 0 Å². The minimum absolute atomic E-state index is 0.169. The van der Waals surface area contributed by atoms with Crippen molar-refractivity contribution in [1.82, 2.24) is 19.5 Å². The largest absolute Gasteiger partial charge is 0.268 e. The second kappa shape index (κ2) is 7.09. The summed E-state index contributed by atoms with van der Waals surface area (Å²) in [6.07, 6.45) is 6.50. The molecule has 0 amide bonds. The third kappa shape index (κ3) is 3.35. The number of hydrogen-bond donors (Lipinski definition) is 0. The summed E-state index contributed by atoms with van der Waals surface area (Å²) >= 11 is 6.29. The predicted octanol–water partition coefficient (Wildman–Crippen LogP) is 4.14. The molecule has 2 aromatic carbocycles. The van der Waals surface area contributed by atoms with E-state index in [1.54, 1.807) is 54.9 Å². The van der Waals surface area contributed by atoms with Crippen molar-refractivity contribution in [1.29, 1.82) is 0 Å². The Morgan fingerprint density at radius 1 is 1.00 bits per heavy atom. The minimum Gasteiger partial charge on any atom is -0.268 e. The van der Waals surface area contributed by atoms with Crippen LogP contribution in [0.1, 0.15) is 11.6 Å². The Balaban J connectivity index is 2.00. The van der Waals surface area contributed by atoms with E-state index in [9.17, 15) is 9.18 Å². The molecule has 0 spiro atoms. The van der Waals surface area contributed by atoms with Crippen LogP contribution >= 0.6 is 11.6 Å². The molecule has 2 aromatic heterocycles. The maximum atomic E-state index is 13.7. The number of hydrogen-bond acceptors (Lipinski definition) is 4. The summed E-state index contributed by atoms with van der Waals surface area (Å²) in [5.41, 5.74) is 0.427. The summed E-state index contributed by atoms with van der Waals surface area (Å²) in [6.45, 7) is 0. The first kappa shape index (κ1) is 17.1. The van der Waals surface area contributed by atoms with E-state index in [4.69, 9.17) is 11.6 Å². The van der Waals surface area contributed by atoms with Crippen LogP contribution in [0.15, 0.2) is 65.7 Å². The second-order valence-corrected chi connectivity index (χ2v) is 6.07. The van der Waals surface area contributed by atoms with Crippen LogP contribution < -0.4 is 5.56 Å². The molecule has 0 bridgehead atoms. The van der Waals surface area contributed by atoms with Gasteiger partial charge in [-0.05, 0) is 48.6 Å². The molecule has 0 unspecified atom stereocenters. The van der Waals surface area contributed by atoms with Gasteiger partial charge in [0.1, 0.15) is 11.6 Å². The number of para-hydroxylation sites is 1. The van der Waals surface area contributed by atoms with Gasteiger partial charge in [0.25, 0.3) is 5.56 Å². The van der Waals surface area contributed by atoms with Gasteiger partial charge < -0.3 is 0 Å². The van der Waals surface area contributed by atoms with Crippen molar-refractivity contribution in [3.05, 3.63) is 93.8 Å². The van der Waals surface area contributed by atoms with Crippen LogP contribution in [-0.2, 0) is 0 Å². The molecule has 0 saturated carbocycles. The van der Waals surface area contributed by atoms with Crippen LogP contribution in [-0.4, -0.2) is 19.5 Å². The Morgan fingerprint density at radius 2 is 1.78 bits per heavy atom. The third-order valence-corrected chi connectivity index (χ3v) is 4.24. The number of fused-ring (bicyclic) bond motifs is 1. The van der Waals surface area contributed by atoms with Crippen LogP contribution in [0.3, 0.4) is 0 Å². The first-order valence-electron chi connectivity index (χ1n) is 8.06. The first-order chi connectivity index (χ1) is 13.1. The zero-order chi connectivity index (χ0) is 18.8. The van der Waals surface area contributed by atoms with Crippen molar-refractivity contribution in [3.63, 3.8) is 0 Å². The Labute approximate surface area is 158 Å². The fraction of sp³-hybridized carbons (Fsp3) is 0. The average molecular weight is 379 g/mol. The standard InChI is InChI=1S/C20H12ClFN4O/c21-15-4-1-2-5-17(15)26-19(9-8-18-23-10-3-11-24-18)25-16-7-6-13(22)12-14(16)20(26)27/h1-12H. The highest BCUT2D eigenvalue weighted by Gasteiger charge is 2.14. The van der Waals surface area contributed by atoms with E-state index in [2.05, 4.69) is 15.0 Å². The van der Waals surface area contributed by atoms with E-state index < -0.39 is 11.4 Å². The zero-order valence-corrected chi connectivity index (χ0v) is 14.6. The number of nitrogens with zero attached hydrogens (tertiary/aromatic N) is 4. The number of rotatable bonds is 3. The molecule has 0 radical (unpaired) electrons. The van der Waals surface area contributed by atoms with Gasteiger partial charge in [0.15, 0.2) is 5.82 Å². The molecule has 4 rings (SSSR count). The van der Waals surface area contributed by atoms with Crippen molar-refractivity contribution in [3.8, 4) is 5.69 Å². The summed E-state index contributed by atoms with van der Waals surface area (Å²) in [6, 6.07) is 12.5. The fourth-order valence-electron chi connectivity index (χ4n) is 2.70. The molecule has 0 fully saturated rings. The highest BCUT2D eigenvalue weighted by molar-refractivity contribution is 6.32. The molecule has 7 heteroatoms. The molecule has 132 valence electrons. The van der Waals surface area contributed by atoms with Gasteiger partial charge in [-0.3, -0.25) is 9.36 Å². The molecule has 0 aliphatic heterocycles. The smallest absolute Gasteiger partial charge is 0.266 e. The van der Waals surface area contributed by atoms with E-state index >= 15 is 0 Å². The maximum absolute atomic E-state index is 13.7. The van der Waals surface area contributed by atoms with Gasteiger partial charge in [-0.1, -0.05) is 23.7 Å². The Hall–Kier alpha value is -3.38. The van der Waals surface area contributed by atoms with E-state index in [0.717, 1.165) is 0 Å². The van der Waals surface area contributed by atoms with Gasteiger partial charge in [0, 0.05) is 12.4 Å². The number of benzene rings is 2. The summed E-state index contributed by atoms with van der Waals surface area (Å²) in [5.74, 6) is 0.296. The van der Waals surface area contributed by atoms with E-state index in [0.29, 0.717) is 27.9 Å². The molecular weight excluding hydrogens is 367 g/mol. The molecule has 5 nitrogen and oxygen atoms in total. The van der Waals surface area contributed by atoms with Crippen molar-refractivity contribution in [2.75, 3.05) is 0 Å². The molecule has 0 atom stereocenters. The quantitative estimate of drug-likeness (QED) is 0.537. The molecule has 0 N–H and O–H groups in total. The van der Waals surface area contributed by atoms with Gasteiger partial charge in [0.05, 0.1) is 21.6 Å². The summed E-state index contributed by atoms with van der Waals surface area (Å²) in [5, 5.41) is 0.547. The summed E-state index contributed by atoms with van der Waals surface area (Å²) in [4.78, 5) is 25.8. The first-order valence-corrected chi connectivity index (χ1v) is 8.43. The van der Waals surface area contributed by atoms with Crippen LogP contribution in [0.4, 0.5) is 4.39 Å². The highest BCUT2D eigenvalue weighted by Crippen LogP contribution is 2.22. The molecule has 27 heavy (non-hydrogen) atoms. The zero-order valence-electron chi connectivity index (χ0n) is 13.9. The SMILES string of the molecule is O=c1c2cc(F)ccc2nc(C=Cc2ncccn2)n1-c1ccccc1Cl. The fourth-order valence-corrected chi connectivity index (χ4v) is 2.92. The van der Waals surface area contributed by atoms with Crippen molar-refractivity contribution < 1.29 is 4.39 Å². The van der Waals surface area contributed by atoms with E-state index in [1.807, 2.05) is 0 Å². The minimum atomic E-state index is -0.506. The Kier molecular flexibility index (Phi) is 4.48. The lowest BCUT2D eigenvalue weighted by Gasteiger charge is -2.12. The molecule has 2 heterocycles. The molecule has 0 aliphatic carbocycles. The average Bonchev–Trinajstić information content (AvgIpc) is 2.69. The normalized spacial score (nSPS) is 11.3. The maximum Gasteiger partial charge on any atom is 0.266 e. The van der Waals surface area contributed by atoms with Crippen molar-refractivity contribution in [2.45, 2.75) is 0 Å². The van der Waals surface area contributed by atoms with Gasteiger partial charge in [-0.15, -0.1) is 0 Å². The summed E-state index contributed by atoms with van der Waals surface area (Å²) in [7, 11) is 0. The van der Waals surface area contributed by atoms with Gasteiger partial charge in [-0.25, -0.2) is 19.3 Å². The predicted molar refractivity (Wildman–Crippen MR) is 103 cm³/mol. The van der Waals surface area contributed by atoms with Crippen LogP contribution in [0.25, 0.3) is 28.7 Å². The van der Waals surface area contributed by atoms with E-state index in [-0.39, 0.29) is 5.39 Å². The number of halogens is 2. The molecule has 0 aliphatic rings. The molecular formula is C20H12ClFN4O. The monoisotopic (exact) mass is 378 g/mol. The number of aromatic nitrogens is 4. The molecule has 4 aromatic rings. The second-order valence-electron chi connectivity index (χ2n) is 5.66. The van der Waals surface area contributed by atoms with Crippen molar-refractivity contribution in [2.24, 2.45) is 0 Å². The summed E-state index contributed by atoms with van der Waals surface area (Å²) < 4.78 is 15.0. The van der Waals surface area contributed by atoms with Gasteiger partial charge in [-0.2, -0.15) is 0 Å². The lowest BCUT2D eigenvalue weighted by Crippen LogP contribution is -2.22. The lowest BCUT2D eigenvalue weighted by atomic mass is 10.2. The Bertz CT molecular complexity index is 1220. The topological polar surface area (TPSA) is 60.7 Å². The Morgan fingerprint density at radius 3 is 2.56 bits per heavy atom. The van der Waals surface area contributed by atoms with Gasteiger partial charge in [0.2, 0.25) is 0 Å². The van der Waals surface area contributed by atoms with E-state index in [1.165, 1.54) is 22.8 Å². The van der Waals surface area contributed by atoms with Crippen LogP contribution in [0.2, 0.25) is 5.02 Å². The van der Waals surface area contributed by atoms with Crippen molar-refractivity contribution >= 4 is 34.7 Å². The van der Waals surface area contributed by atoms with Gasteiger partial charge >= 0.3 is 0 Å². The third-order valence-electron chi connectivity index (χ3n) is 3.92. The highest BCUT2D eigenvalue weighted by atomic mass is 35.5. The van der Waals surface area contributed by atoms with Crippen LogP contribution in [0, 0.1) is 5.82 Å². The lowest BCUT2D eigenvalue weighted by molar-refractivity contribution is 0.629.